The van der Waals surface area contributed by atoms with Crippen LogP contribution in [0.3, 0.4) is 0 Å². The van der Waals surface area contributed by atoms with Gasteiger partial charge in [0.25, 0.3) is 0 Å². The molecule has 0 heterocycles. The molecular weight excluding hydrogens is 274 g/mol. The lowest BCUT2D eigenvalue weighted by Gasteiger charge is -2.34. The first kappa shape index (κ1) is 16.2. The van der Waals surface area contributed by atoms with Gasteiger partial charge in [0.1, 0.15) is 0 Å². The molecule has 0 aliphatic heterocycles. The second-order valence-electron chi connectivity index (χ2n) is 6.66. The number of aliphatic hydroxyl groups is 1. The molecule has 0 amide bonds. The minimum absolute atomic E-state index is 0.145. The van der Waals surface area contributed by atoms with Crippen molar-refractivity contribution in [3.8, 4) is 0 Å². The SMILES string of the molecule is CN(C1CCC(CO)CC1)S(=O)(=O)CC1CCCCC1. The van der Waals surface area contributed by atoms with Gasteiger partial charge in [0.2, 0.25) is 10.0 Å². The maximum absolute atomic E-state index is 12.5. The first-order valence-electron chi connectivity index (χ1n) is 8.09. The normalized spacial score (nSPS) is 29.8. The molecule has 2 rings (SSSR count). The summed E-state index contributed by atoms with van der Waals surface area (Å²) in [5.41, 5.74) is 0. The van der Waals surface area contributed by atoms with E-state index in [2.05, 4.69) is 0 Å². The summed E-state index contributed by atoms with van der Waals surface area (Å²) in [6, 6.07) is 0.145. The van der Waals surface area contributed by atoms with Crippen molar-refractivity contribution in [3.63, 3.8) is 0 Å². The molecule has 0 spiro atoms. The van der Waals surface area contributed by atoms with Crippen molar-refractivity contribution in [1.29, 1.82) is 0 Å². The van der Waals surface area contributed by atoms with Crippen molar-refractivity contribution in [2.75, 3.05) is 19.4 Å². The van der Waals surface area contributed by atoms with E-state index in [4.69, 9.17) is 5.11 Å². The van der Waals surface area contributed by atoms with Crippen LogP contribution in [0, 0.1) is 11.8 Å². The van der Waals surface area contributed by atoms with E-state index >= 15 is 0 Å². The quantitative estimate of drug-likeness (QED) is 0.848. The second-order valence-corrected chi connectivity index (χ2v) is 8.73. The Kier molecular flexibility index (Phi) is 5.87. The van der Waals surface area contributed by atoms with E-state index in [0.717, 1.165) is 38.5 Å². The van der Waals surface area contributed by atoms with Crippen molar-refractivity contribution in [3.05, 3.63) is 0 Å². The lowest BCUT2D eigenvalue weighted by molar-refractivity contribution is 0.159. The van der Waals surface area contributed by atoms with Crippen molar-refractivity contribution in [2.45, 2.75) is 63.8 Å². The van der Waals surface area contributed by atoms with Crippen molar-refractivity contribution < 1.29 is 13.5 Å². The molecule has 2 fully saturated rings. The fourth-order valence-electron chi connectivity index (χ4n) is 3.69. The minimum Gasteiger partial charge on any atom is -0.396 e. The van der Waals surface area contributed by atoms with Crippen molar-refractivity contribution >= 4 is 10.0 Å². The number of hydrogen-bond donors (Lipinski definition) is 1. The van der Waals surface area contributed by atoms with Crippen molar-refractivity contribution in [2.24, 2.45) is 11.8 Å². The molecule has 118 valence electrons. The van der Waals surface area contributed by atoms with Gasteiger partial charge in [-0.3, -0.25) is 0 Å². The monoisotopic (exact) mass is 303 g/mol. The second kappa shape index (κ2) is 7.23. The maximum Gasteiger partial charge on any atom is 0.214 e. The summed E-state index contributed by atoms with van der Waals surface area (Å²) in [6.45, 7) is 0.241. The van der Waals surface area contributed by atoms with E-state index in [1.54, 1.807) is 11.4 Å². The Morgan fingerprint density at radius 1 is 0.950 bits per heavy atom. The topological polar surface area (TPSA) is 57.6 Å². The Hall–Kier alpha value is -0.130. The van der Waals surface area contributed by atoms with E-state index in [0.29, 0.717) is 17.6 Å². The predicted octanol–water partition coefficient (Wildman–Crippen LogP) is 2.38. The highest BCUT2D eigenvalue weighted by atomic mass is 32.2. The summed E-state index contributed by atoms with van der Waals surface area (Å²) in [5.74, 6) is 1.08. The lowest BCUT2D eigenvalue weighted by atomic mass is 9.87. The molecule has 1 N–H and O–H groups in total. The summed E-state index contributed by atoms with van der Waals surface area (Å²) in [7, 11) is -1.36. The van der Waals surface area contributed by atoms with Crippen LogP contribution in [-0.2, 0) is 10.0 Å². The van der Waals surface area contributed by atoms with Gasteiger partial charge in [-0.1, -0.05) is 19.3 Å². The van der Waals surface area contributed by atoms with Crippen LogP contribution < -0.4 is 0 Å². The summed E-state index contributed by atoms with van der Waals surface area (Å²) >= 11 is 0. The standard InChI is InChI=1S/C15H29NO3S/c1-16(15-9-7-13(11-17)8-10-15)20(18,19)12-14-5-3-2-4-6-14/h13-15,17H,2-12H2,1H3. The number of aliphatic hydroxyl groups excluding tert-OH is 1. The molecule has 0 aromatic carbocycles. The average molecular weight is 303 g/mol. The Bertz CT molecular complexity index is 382. The number of sulfonamides is 1. The molecule has 0 bridgehead atoms. The molecule has 2 saturated carbocycles. The van der Waals surface area contributed by atoms with Crippen molar-refractivity contribution in [1.82, 2.24) is 4.31 Å². The Morgan fingerprint density at radius 3 is 2.10 bits per heavy atom. The maximum atomic E-state index is 12.5. The van der Waals surface area contributed by atoms with E-state index in [-0.39, 0.29) is 12.6 Å². The van der Waals surface area contributed by atoms with Gasteiger partial charge in [0.15, 0.2) is 0 Å². The third kappa shape index (κ3) is 4.18. The van der Waals surface area contributed by atoms with Crippen LogP contribution in [0.1, 0.15) is 57.8 Å². The van der Waals surface area contributed by atoms with Gasteiger partial charge in [0, 0.05) is 19.7 Å². The van der Waals surface area contributed by atoms with E-state index < -0.39 is 10.0 Å². The average Bonchev–Trinajstić information content (AvgIpc) is 2.47. The highest BCUT2D eigenvalue weighted by molar-refractivity contribution is 7.89. The summed E-state index contributed by atoms with van der Waals surface area (Å²) in [6.07, 6.45) is 9.47. The smallest absolute Gasteiger partial charge is 0.214 e. The molecule has 0 unspecified atom stereocenters. The van der Waals surface area contributed by atoms with Gasteiger partial charge in [-0.25, -0.2) is 12.7 Å². The largest absolute Gasteiger partial charge is 0.396 e. The van der Waals surface area contributed by atoms with E-state index in [9.17, 15) is 8.42 Å². The Labute approximate surface area is 123 Å². The molecule has 4 nitrogen and oxygen atoms in total. The van der Waals surface area contributed by atoms with Gasteiger partial charge in [0.05, 0.1) is 5.75 Å². The minimum atomic E-state index is -3.11. The lowest BCUT2D eigenvalue weighted by Crippen LogP contribution is -2.42. The molecule has 0 aromatic heterocycles. The van der Waals surface area contributed by atoms with Gasteiger partial charge in [-0.05, 0) is 50.4 Å². The fraction of sp³-hybridized carbons (Fsp3) is 1.00. The van der Waals surface area contributed by atoms with Crippen LogP contribution in [0.15, 0.2) is 0 Å². The van der Waals surface area contributed by atoms with E-state index in [1.165, 1.54) is 19.3 Å². The zero-order chi connectivity index (χ0) is 14.6. The molecule has 2 aliphatic carbocycles. The highest BCUT2D eigenvalue weighted by Gasteiger charge is 2.32. The zero-order valence-corrected chi connectivity index (χ0v) is 13.4. The van der Waals surface area contributed by atoms with Gasteiger partial charge in [-0.2, -0.15) is 0 Å². The summed E-state index contributed by atoms with van der Waals surface area (Å²) in [4.78, 5) is 0. The van der Waals surface area contributed by atoms with Gasteiger partial charge in [-0.15, -0.1) is 0 Å². The summed E-state index contributed by atoms with van der Waals surface area (Å²) < 4.78 is 26.7. The molecule has 2 aliphatic rings. The zero-order valence-electron chi connectivity index (χ0n) is 12.6. The molecule has 0 radical (unpaired) electrons. The molecule has 5 heteroatoms. The molecule has 20 heavy (non-hydrogen) atoms. The van der Waals surface area contributed by atoms with Crippen LogP contribution >= 0.6 is 0 Å². The van der Waals surface area contributed by atoms with Gasteiger partial charge >= 0.3 is 0 Å². The first-order valence-corrected chi connectivity index (χ1v) is 9.70. The third-order valence-corrected chi connectivity index (χ3v) is 7.27. The summed E-state index contributed by atoms with van der Waals surface area (Å²) in [5, 5.41) is 9.16. The first-order chi connectivity index (χ1) is 9.53. The molecule has 0 saturated heterocycles. The number of hydrogen-bond acceptors (Lipinski definition) is 3. The number of nitrogens with zero attached hydrogens (tertiary/aromatic N) is 1. The fourth-order valence-corrected chi connectivity index (χ4v) is 5.52. The molecule has 0 aromatic rings. The van der Waals surface area contributed by atoms with Gasteiger partial charge < -0.3 is 5.11 Å². The number of rotatable bonds is 5. The Morgan fingerprint density at radius 2 is 1.55 bits per heavy atom. The molecule has 0 atom stereocenters. The van der Waals surface area contributed by atoms with Crippen LogP contribution in [0.4, 0.5) is 0 Å². The Balaban J connectivity index is 1.88. The van der Waals surface area contributed by atoms with E-state index in [1.807, 2.05) is 0 Å². The third-order valence-electron chi connectivity index (χ3n) is 5.20. The van der Waals surface area contributed by atoms with Crippen LogP contribution in [0.2, 0.25) is 0 Å². The van der Waals surface area contributed by atoms with Crippen LogP contribution in [0.5, 0.6) is 0 Å². The predicted molar refractivity (Wildman–Crippen MR) is 81.0 cm³/mol. The molecular formula is C15H29NO3S. The highest BCUT2D eigenvalue weighted by Crippen LogP contribution is 2.30. The van der Waals surface area contributed by atoms with Crippen LogP contribution in [-0.4, -0.2) is 43.3 Å². The van der Waals surface area contributed by atoms with Crippen LogP contribution in [0.25, 0.3) is 0 Å².